The van der Waals surface area contributed by atoms with Crippen LogP contribution in [0.1, 0.15) is 26.2 Å². The summed E-state index contributed by atoms with van der Waals surface area (Å²) in [6, 6.07) is 0. The first kappa shape index (κ1) is 7.80. The molecule has 0 radical (unpaired) electrons. The molecule has 1 aliphatic carbocycles. The van der Waals surface area contributed by atoms with Crippen LogP contribution in [0, 0.1) is 0 Å². The lowest BCUT2D eigenvalue weighted by Crippen LogP contribution is -2.18. The molecule has 0 unspecified atom stereocenters. The molecule has 0 aromatic rings. The lowest BCUT2D eigenvalue weighted by atomic mass is 9.98. The minimum Gasteiger partial charge on any atom is -0.0799 e. The maximum atomic E-state index is 3.64. The van der Waals surface area contributed by atoms with Crippen LogP contribution in [0.3, 0.4) is 0 Å². The predicted molar refractivity (Wildman–Crippen MR) is 48.2 cm³/mol. The third-order valence-electron chi connectivity index (χ3n) is 1.67. The van der Waals surface area contributed by atoms with E-state index in [9.17, 15) is 0 Å². The second-order valence-corrected chi connectivity index (χ2v) is 5.25. The van der Waals surface area contributed by atoms with Gasteiger partial charge in [-0.25, -0.2) is 0 Å². The third kappa shape index (κ3) is 1.81. The summed E-state index contributed by atoms with van der Waals surface area (Å²) in [5, 5.41) is 0. The molecule has 1 rings (SSSR count). The van der Waals surface area contributed by atoms with Gasteiger partial charge >= 0.3 is 0 Å². The summed E-state index contributed by atoms with van der Waals surface area (Å²) < 4.78 is 1.53. The van der Waals surface area contributed by atoms with Crippen LogP contribution in [0.15, 0.2) is 10.6 Å². The summed E-state index contributed by atoms with van der Waals surface area (Å²) in [6.45, 7) is 2.20. The van der Waals surface area contributed by atoms with Crippen LogP contribution < -0.4 is 0 Å². The highest BCUT2D eigenvalue weighted by molar-refractivity contribution is 9.14. The van der Waals surface area contributed by atoms with Crippen molar-refractivity contribution in [2.24, 2.45) is 0 Å². The lowest BCUT2D eigenvalue weighted by Gasteiger charge is -2.25. The Bertz CT molecular complexity index is 136. The van der Waals surface area contributed by atoms with Gasteiger partial charge in [-0.3, -0.25) is 0 Å². The van der Waals surface area contributed by atoms with Crippen molar-refractivity contribution in [1.82, 2.24) is 0 Å². The highest BCUT2D eigenvalue weighted by atomic mass is 79.9. The van der Waals surface area contributed by atoms with E-state index in [4.69, 9.17) is 0 Å². The van der Waals surface area contributed by atoms with Crippen molar-refractivity contribution in [2.75, 3.05) is 0 Å². The zero-order chi connectivity index (χ0) is 6.91. The molecule has 9 heavy (non-hydrogen) atoms. The molecule has 0 heterocycles. The predicted octanol–water partition coefficient (Wildman–Crippen LogP) is 3.60. The highest BCUT2D eigenvalue weighted by Crippen LogP contribution is 2.39. The molecule has 0 fully saturated rings. The summed E-state index contributed by atoms with van der Waals surface area (Å²) in [7, 11) is 0. The van der Waals surface area contributed by atoms with Gasteiger partial charge in [0.1, 0.15) is 0 Å². The molecule has 0 aromatic carbocycles. The molecule has 0 amide bonds. The minimum atomic E-state index is 0.227. The first-order valence-electron chi connectivity index (χ1n) is 3.18. The summed E-state index contributed by atoms with van der Waals surface area (Å²) >= 11 is 7.17. The van der Waals surface area contributed by atoms with E-state index in [-0.39, 0.29) is 4.32 Å². The van der Waals surface area contributed by atoms with Crippen LogP contribution >= 0.6 is 31.9 Å². The van der Waals surface area contributed by atoms with Gasteiger partial charge < -0.3 is 0 Å². The van der Waals surface area contributed by atoms with Crippen molar-refractivity contribution in [3.05, 3.63) is 10.6 Å². The van der Waals surface area contributed by atoms with E-state index in [0.717, 1.165) is 0 Å². The van der Waals surface area contributed by atoms with Crippen LogP contribution in [0.5, 0.6) is 0 Å². The molecule has 0 N–H and O–H groups in total. The Hall–Kier alpha value is 0.700. The van der Waals surface area contributed by atoms with Crippen molar-refractivity contribution in [1.29, 1.82) is 0 Å². The Morgan fingerprint density at radius 3 is 2.67 bits per heavy atom. The van der Waals surface area contributed by atoms with Gasteiger partial charge in [-0.05, 0) is 26.2 Å². The third-order valence-corrected chi connectivity index (χ3v) is 4.23. The second-order valence-electron chi connectivity index (χ2n) is 2.64. The van der Waals surface area contributed by atoms with E-state index in [0.29, 0.717) is 0 Å². The number of hydrogen-bond acceptors (Lipinski definition) is 0. The SMILES string of the molecule is C[C@]1(Br)CCCC=C1Br. The molecule has 0 nitrogen and oxygen atoms in total. The largest absolute Gasteiger partial charge is 0.0799 e. The van der Waals surface area contributed by atoms with E-state index >= 15 is 0 Å². The van der Waals surface area contributed by atoms with Gasteiger partial charge in [-0.15, -0.1) is 0 Å². The molecule has 1 atom stereocenters. The van der Waals surface area contributed by atoms with Crippen molar-refractivity contribution >= 4 is 31.9 Å². The highest BCUT2D eigenvalue weighted by Gasteiger charge is 2.25. The van der Waals surface area contributed by atoms with Crippen LogP contribution in [0.2, 0.25) is 0 Å². The molecular weight excluding hydrogens is 244 g/mol. The van der Waals surface area contributed by atoms with E-state index in [1.54, 1.807) is 0 Å². The Labute approximate surface area is 73.0 Å². The van der Waals surface area contributed by atoms with Gasteiger partial charge in [0.2, 0.25) is 0 Å². The molecule has 0 bridgehead atoms. The van der Waals surface area contributed by atoms with Crippen molar-refractivity contribution in [3.8, 4) is 0 Å². The minimum absolute atomic E-state index is 0.227. The smallest absolute Gasteiger partial charge is 0.0540 e. The molecule has 2 heteroatoms. The molecule has 0 aromatic heterocycles. The Kier molecular flexibility index (Phi) is 2.38. The summed E-state index contributed by atoms with van der Waals surface area (Å²) in [5.74, 6) is 0. The van der Waals surface area contributed by atoms with E-state index in [2.05, 4.69) is 44.9 Å². The number of allylic oxidation sites excluding steroid dienone is 2. The zero-order valence-electron chi connectivity index (χ0n) is 5.45. The number of alkyl halides is 1. The van der Waals surface area contributed by atoms with Crippen molar-refractivity contribution in [2.45, 2.75) is 30.5 Å². The Morgan fingerprint density at radius 2 is 2.33 bits per heavy atom. The van der Waals surface area contributed by atoms with Gasteiger partial charge in [0.05, 0.1) is 4.32 Å². The van der Waals surface area contributed by atoms with Gasteiger partial charge in [0, 0.05) is 4.48 Å². The summed E-state index contributed by atoms with van der Waals surface area (Å²) in [5.41, 5.74) is 0. The van der Waals surface area contributed by atoms with E-state index in [1.807, 2.05) is 0 Å². The molecular formula is C7H10Br2. The van der Waals surface area contributed by atoms with Crippen LogP contribution in [-0.2, 0) is 0 Å². The van der Waals surface area contributed by atoms with Gasteiger partial charge in [0.25, 0.3) is 0 Å². The normalized spacial score (nSPS) is 36.1. The maximum absolute atomic E-state index is 3.64. The standard InChI is InChI=1S/C7H10Br2/c1-7(9)5-3-2-4-6(7)8/h4H,2-3,5H2,1H3/t7-/m0/s1. The second kappa shape index (κ2) is 2.75. The van der Waals surface area contributed by atoms with Crippen LogP contribution in [-0.4, -0.2) is 4.32 Å². The molecule has 0 saturated heterocycles. The van der Waals surface area contributed by atoms with Gasteiger partial charge in [-0.1, -0.05) is 37.9 Å². The number of halogens is 2. The first-order valence-corrected chi connectivity index (χ1v) is 4.76. The average molecular weight is 254 g/mol. The molecule has 1 aliphatic rings. The van der Waals surface area contributed by atoms with Crippen molar-refractivity contribution in [3.63, 3.8) is 0 Å². The number of hydrogen-bond donors (Lipinski definition) is 0. The number of rotatable bonds is 0. The Balaban J connectivity index is 2.73. The quantitative estimate of drug-likeness (QED) is 0.579. The monoisotopic (exact) mass is 252 g/mol. The Morgan fingerprint density at radius 1 is 1.67 bits per heavy atom. The summed E-state index contributed by atoms with van der Waals surface area (Å²) in [6.07, 6.45) is 6.01. The van der Waals surface area contributed by atoms with Gasteiger partial charge in [-0.2, -0.15) is 0 Å². The van der Waals surface area contributed by atoms with E-state index in [1.165, 1.54) is 23.7 Å². The first-order chi connectivity index (χ1) is 4.13. The molecule has 0 saturated carbocycles. The van der Waals surface area contributed by atoms with Gasteiger partial charge in [0.15, 0.2) is 0 Å². The van der Waals surface area contributed by atoms with E-state index < -0.39 is 0 Å². The maximum Gasteiger partial charge on any atom is 0.0540 e. The summed E-state index contributed by atoms with van der Waals surface area (Å²) in [4.78, 5) is 0. The fourth-order valence-electron chi connectivity index (χ4n) is 0.995. The average Bonchev–Trinajstić information content (AvgIpc) is 1.77. The molecule has 52 valence electrons. The topological polar surface area (TPSA) is 0 Å². The fourth-order valence-corrected chi connectivity index (χ4v) is 1.86. The van der Waals surface area contributed by atoms with Crippen LogP contribution in [0.25, 0.3) is 0 Å². The zero-order valence-corrected chi connectivity index (χ0v) is 8.63. The molecule has 0 aliphatic heterocycles. The molecule has 0 spiro atoms. The van der Waals surface area contributed by atoms with Crippen LogP contribution in [0.4, 0.5) is 0 Å². The lowest BCUT2D eigenvalue weighted by molar-refractivity contribution is 0.629. The van der Waals surface area contributed by atoms with Crippen molar-refractivity contribution < 1.29 is 0 Å². The fraction of sp³-hybridized carbons (Fsp3) is 0.714.